The van der Waals surface area contributed by atoms with Gasteiger partial charge in [0.25, 0.3) is 0 Å². The monoisotopic (exact) mass is 306 g/mol. The molecule has 0 bridgehead atoms. The molecule has 0 amide bonds. The molecule has 0 aliphatic heterocycles. The number of nitrogens with zero attached hydrogens (tertiary/aromatic N) is 2. The maximum atomic E-state index is 9.23. The molecule has 0 N–H and O–H groups in total. The SMILES string of the molecule is CN(Cc1ccc(Br)cc1)C1CCCCC1C#N. The van der Waals surface area contributed by atoms with Gasteiger partial charge in [0.1, 0.15) is 0 Å². The molecule has 0 heterocycles. The van der Waals surface area contributed by atoms with Gasteiger partial charge < -0.3 is 0 Å². The van der Waals surface area contributed by atoms with E-state index in [4.69, 9.17) is 0 Å². The molecule has 1 saturated carbocycles. The fourth-order valence-corrected chi connectivity index (χ4v) is 3.05. The van der Waals surface area contributed by atoms with Crippen LogP contribution in [0, 0.1) is 17.2 Å². The molecule has 1 aromatic carbocycles. The number of hydrogen-bond donors (Lipinski definition) is 0. The highest BCUT2D eigenvalue weighted by Gasteiger charge is 2.27. The minimum atomic E-state index is 0.208. The zero-order chi connectivity index (χ0) is 13.0. The molecule has 0 aromatic heterocycles. The molecule has 96 valence electrons. The van der Waals surface area contributed by atoms with Crippen molar-refractivity contribution in [1.29, 1.82) is 5.26 Å². The summed E-state index contributed by atoms with van der Waals surface area (Å²) in [5.41, 5.74) is 1.31. The Bertz CT molecular complexity index is 421. The largest absolute Gasteiger partial charge is 0.298 e. The second-order valence-corrected chi connectivity index (χ2v) is 6.04. The van der Waals surface area contributed by atoms with Crippen LogP contribution in [-0.2, 0) is 6.54 Å². The Balaban J connectivity index is 2.00. The summed E-state index contributed by atoms with van der Waals surface area (Å²) < 4.78 is 1.11. The van der Waals surface area contributed by atoms with Gasteiger partial charge >= 0.3 is 0 Å². The Morgan fingerprint density at radius 2 is 1.94 bits per heavy atom. The Kier molecular flexibility index (Phi) is 4.79. The summed E-state index contributed by atoms with van der Waals surface area (Å²) in [6.07, 6.45) is 4.69. The van der Waals surface area contributed by atoms with E-state index in [1.807, 2.05) is 0 Å². The number of benzene rings is 1. The van der Waals surface area contributed by atoms with Crippen molar-refractivity contribution >= 4 is 15.9 Å². The highest BCUT2D eigenvalue weighted by molar-refractivity contribution is 9.10. The lowest BCUT2D eigenvalue weighted by atomic mass is 9.84. The van der Waals surface area contributed by atoms with Crippen molar-refractivity contribution < 1.29 is 0 Å². The normalized spacial score (nSPS) is 23.9. The van der Waals surface area contributed by atoms with E-state index in [-0.39, 0.29) is 5.92 Å². The third kappa shape index (κ3) is 3.34. The summed E-state index contributed by atoms with van der Waals surface area (Å²) in [6.45, 7) is 0.927. The first-order valence-electron chi connectivity index (χ1n) is 6.55. The third-order valence-corrected chi connectivity index (χ3v) is 4.34. The van der Waals surface area contributed by atoms with Crippen LogP contribution in [0.1, 0.15) is 31.2 Å². The van der Waals surface area contributed by atoms with Crippen molar-refractivity contribution in [3.05, 3.63) is 34.3 Å². The average molecular weight is 307 g/mol. The molecule has 2 atom stereocenters. The predicted molar refractivity (Wildman–Crippen MR) is 77.0 cm³/mol. The maximum absolute atomic E-state index is 9.23. The van der Waals surface area contributed by atoms with E-state index < -0.39 is 0 Å². The number of nitriles is 1. The fraction of sp³-hybridized carbons (Fsp3) is 0.533. The molecule has 0 spiro atoms. The molecule has 2 unspecified atom stereocenters. The van der Waals surface area contributed by atoms with E-state index in [1.165, 1.54) is 18.4 Å². The standard InChI is InChI=1S/C15H19BrN2/c1-18(11-12-6-8-14(16)9-7-12)15-5-3-2-4-13(15)10-17/h6-9,13,15H,2-5,11H2,1H3. The zero-order valence-electron chi connectivity index (χ0n) is 10.8. The molecule has 1 aliphatic rings. The molecule has 1 aromatic rings. The van der Waals surface area contributed by atoms with Gasteiger partial charge in [0.2, 0.25) is 0 Å². The molecule has 0 radical (unpaired) electrons. The van der Waals surface area contributed by atoms with E-state index in [0.29, 0.717) is 6.04 Å². The van der Waals surface area contributed by atoms with Gasteiger partial charge in [-0.05, 0) is 37.6 Å². The van der Waals surface area contributed by atoms with Gasteiger partial charge in [0.05, 0.1) is 12.0 Å². The van der Waals surface area contributed by atoms with Crippen LogP contribution in [0.15, 0.2) is 28.7 Å². The maximum Gasteiger partial charge on any atom is 0.0672 e. The van der Waals surface area contributed by atoms with Gasteiger partial charge in [-0.25, -0.2) is 0 Å². The van der Waals surface area contributed by atoms with E-state index in [1.54, 1.807) is 0 Å². The summed E-state index contributed by atoms with van der Waals surface area (Å²) >= 11 is 3.45. The summed E-state index contributed by atoms with van der Waals surface area (Å²) in [6, 6.07) is 11.3. The predicted octanol–water partition coefficient (Wildman–Crippen LogP) is 3.96. The Morgan fingerprint density at radius 1 is 1.28 bits per heavy atom. The quantitative estimate of drug-likeness (QED) is 0.845. The Hall–Kier alpha value is -0.850. The van der Waals surface area contributed by atoms with Crippen molar-refractivity contribution in [2.45, 2.75) is 38.3 Å². The third-order valence-electron chi connectivity index (χ3n) is 3.81. The van der Waals surface area contributed by atoms with Crippen molar-refractivity contribution in [2.75, 3.05) is 7.05 Å². The zero-order valence-corrected chi connectivity index (χ0v) is 12.4. The average Bonchev–Trinajstić information content (AvgIpc) is 2.41. The molecule has 0 saturated heterocycles. The van der Waals surface area contributed by atoms with Gasteiger partial charge in [-0.15, -0.1) is 0 Å². The summed E-state index contributed by atoms with van der Waals surface area (Å²) in [7, 11) is 2.14. The first kappa shape index (κ1) is 13.6. The van der Waals surface area contributed by atoms with Crippen LogP contribution < -0.4 is 0 Å². The highest BCUT2D eigenvalue weighted by Crippen LogP contribution is 2.28. The summed E-state index contributed by atoms with van der Waals surface area (Å²) in [5, 5.41) is 9.23. The van der Waals surface area contributed by atoms with Crippen LogP contribution in [0.3, 0.4) is 0 Å². The van der Waals surface area contributed by atoms with E-state index in [0.717, 1.165) is 23.9 Å². The van der Waals surface area contributed by atoms with E-state index >= 15 is 0 Å². The number of rotatable bonds is 3. The van der Waals surface area contributed by atoms with Crippen LogP contribution in [0.25, 0.3) is 0 Å². The topological polar surface area (TPSA) is 27.0 Å². The van der Waals surface area contributed by atoms with Crippen LogP contribution >= 0.6 is 15.9 Å². The minimum Gasteiger partial charge on any atom is -0.298 e. The first-order chi connectivity index (χ1) is 8.70. The van der Waals surface area contributed by atoms with Gasteiger partial charge in [0, 0.05) is 17.1 Å². The smallest absolute Gasteiger partial charge is 0.0672 e. The lowest BCUT2D eigenvalue weighted by Crippen LogP contribution is -2.39. The highest BCUT2D eigenvalue weighted by atomic mass is 79.9. The molecule has 2 rings (SSSR count). The van der Waals surface area contributed by atoms with Gasteiger partial charge in [-0.1, -0.05) is 40.9 Å². The van der Waals surface area contributed by atoms with Gasteiger partial charge in [0.15, 0.2) is 0 Å². The Morgan fingerprint density at radius 3 is 2.61 bits per heavy atom. The van der Waals surface area contributed by atoms with Crippen LogP contribution in [0.4, 0.5) is 0 Å². The van der Waals surface area contributed by atoms with Crippen LogP contribution in [-0.4, -0.2) is 18.0 Å². The van der Waals surface area contributed by atoms with E-state index in [2.05, 4.69) is 58.2 Å². The van der Waals surface area contributed by atoms with Crippen molar-refractivity contribution in [3.63, 3.8) is 0 Å². The Labute approximate surface area is 118 Å². The molecule has 2 nitrogen and oxygen atoms in total. The minimum absolute atomic E-state index is 0.208. The van der Waals surface area contributed by atoms with E-state index in [9.17, 15) is 5.26 Å². The van der Waals surface area contributed by atoms with Gasteiger partial charge in [-0.2, -0.15) is 5.26 Å². The lowest BCUT2D eigenvalue weighted by Gasteiger charge is -2.34. The van der Waals surface area contributed by atoms with Crippen molar-refractivity contribution in [1.82, 2.24) is 4.90 Å². The second kappa shape index (κ2) is 6.36. The molecule has 1 fully saturated rings. The molecular weight excluding hydrogens is 288 g/mol. The van der Waals surface area contributed by atoms with Crippen molar-refractivity contribution in [2.24, 2.45) is 5.92 Å². The second-order valence-electron chi connectivity index (χ2n) is 5.13. The van der Waals surface area contributed by atoms with Gasteiger partial charge in [-0.3, -0.25) is 4.90 Å². The molecular formula is C15H19BrN2. The number of hydrogen-bond acceptors (Lipinski definition) is 2. The molecule has 1 aliphatic carbocycles. The first-order valence-corrected chi connectivity index (χ1v) is 7.34. The molecule has 18 heavy (non-hydrogen) atoms. The summed E-state index contributed by atoms with van der Waals surface area (Å²) in [5.74, 6) is 0.208. The van der Waals surface area contributed by atoms with Crippen LogP contribution in [0.5, 0.6) is 0 Å². The molecule has 3 heteroatoms. The lowest BCUT2D eigenvalue weighted by molar-refractivity contribution is 0.151. The summed E-state index contributed by atoms with van der Waals surface area (Å²) in [4.78, 5) is 2.34. The number of halogens is 1. The fourth-order valence-electron chi connectivity index (χ4n) is 2.78. The van der Waals surface area contributed by atoms with Crippen LogP contribution in [0.2, 0.25) is 0 Å². The van der Waals surface area contributed by atoms with Crippen molar-refractivity contribution in [3.8, 4) is 6.07 Å².